The maximum absolute atomic E-state index is 11.8. The highest BCUT2D eigenvalue weighted by Crippen LogP contribution is 2.21. The summed E-state index contributed by atoms with van der Waals surface area (Å²) in [6.07, 6.45) is 0. The number of amides is 1. The van der Waals surface area contributed by atoms with Crippen molar-refractivity contribution in [2.24, 2.45) is 0 Å². The van der Waals surface area contributed by atoms with Crippen LogP contribution in [-0.2, 0) is 13.2 Å². The Morgan fingerprint density at radius 1 is 1.17 bits per heavy atom. The van der Waals surface area contributed by atoms with Crippen LogP contribution in [0, 0.1) is 0 Å². The first-order valence-electron chi connectivity index (χ1n) is 5.41. The summed E-state index contributed by atoms with van der Waals surface area (Å²) >= 11 is 4.74. The van der Waals surface area contributed by atoms with Crippen molar-refractivity contribution in [2.75, 3.05) is 0 Å². The van der Waals surface area contributed by atoms with Gasteiger partial charge in [-0.25, -0.2) is 0 Å². The molecule has 94 valence electrons. The van der Waals surface area contributed by atoms with Gasteiger partial charge in [-0.2, -0.15) is 0 Å². The Bertz CT molecular complexity index is 536. The van der Waals surface area contributed by atoms with Crippen LogP contribution in [0.1, 0.15) is 20.8 Å². The number of hydrogen-bond donors (Lipinski definition) is 2. The fraction of sp³-hybridized carbons (Fsp3) is 0.154. The molecular formula is C13H12BrNO2S. The van der Waals surface area contributed by atoms with Crippen molar-refractivity contribution in [1.82, 2.24) is 5.32 Å². The topological polar surface area (TPSA) is 49.3 Å². The molecule has 0 saturated heterocycles. The fourth-order valence-electron chi connectivity index (χ4n) is 1.47. The summed E-state index contributed by atoms with van der Waals surface area (Å²) in [4.78, 5) is 12.5. The lowest BCUT2D eigenvalue weighted by atomic mass is 10.1. The van der Waals surface area contributed by atoms with E-state index in [1.807, 2.05) is 30.3 Å². The minimum atomic E-state index is -0.0723. The van der Waals surface area contributed by atoms with Crippen LogP contribution in [0.5, 0.6) is 0 Å². The van der Waals surface area contributed by atoms with Crippen molar-refractivity contribution in [3.8, 4) is 0 Å². The summed E-state index contributed by atoms with van der Waals surface area (Å²) in [7, 11) is 0. The molecule has 2 aromatic rings. The summed E-state index contributed by atoms with van der Waals surface area (Å²) in [6.45, 7) is 0.524. The molecule has 2 rings (SSSR count). The van der Waals surface area contributed by atoms with Gasteiger partial charge in [0.2, 0.25) is 0 Å². The van der Waals surface area contributed by atoms with E-state index in [9.17, 15) is 4.79 Å². The lowest BCUT2D eigenvalue weighted by Crippen LogP contribution is -2.21. The minimum Gasteiger partial charge on any atom is -0.392 e. The second-order valence-electron chi connectivity index (χ2n) is 3.76. The number of carbonyl (C=O) groups is 1. The monoisotopic (exact) mass is 325 g/mol. The first-order valence-corrected chi connectivity index (χ1v) is 7.02. The number of nitrogens with one attached hydrogen (secondary N) is 1. The largest absolute Gasteiger partial charge is 0.392 e. The highest BCUT2D eigenvalue weighted by molar-refractivity contribution is 9.11. The molecule has 0 fully saturated rings. The molecule has 0 bridgehead atoms. The van der Waals surface area contributed by atoms with E-state index >= 15 is 0 Å². The fourth-order valence-corrected chi connectivity index (χ4v) is 2.77. The Hall–Kier alpha value is -1.17. The quantitative estimate of drug-likeness (QED) is 0.908. The van der Waals surface area contributed by atoms with E-state index in [0.29, 0.717) is 11.4 Å². The molecule has 0 atom stereocenters. The van der Waals surface area contributed by atoms with Gasteiger partial charge in [0.25, 0.3) is 5.91 Å². The third-order valence-electron chi connectivity index (χ3n) is 2.46. The predicted octanol–water partition coefficient (Wildman–Crippen LogP) is 2.93. The zero-order chi connectivity index (χ0) is 13.0. The molecule has 0 radical (unpaired) electrons. The molecule has 0 aliphatic heterocycles. The molecule has 0 saturated carbocycles. The van der Waals surface area contributed by atoms with Crippen LogP contribution in [0.3, 0.4) is 0 Å². The Morgan fingerprint density at radius 2 is 1.83 bits per heavy atom. The molecule has 1 amide bonds. The number of aliphatic hydroxyl groups is 1. The lowest BCUT2D eigenvalue weighted by Gasteiger charge is -2.04. The number of carbonyl (C=O) groups excluding carboxylic acids is 1. The summed E-state index contributed by atoms with van der Waals surface area (Å²) in [5, 5.41) is 11.8. The standard InChI is InChI=1S/C13H12BrNO2S/c14-12-6-5-11(18-12)13(17)15-7-9-1-3-10(8-16)4-2-9/h1-6,16H,7-8H2,(H,15,17). The Balaban J connectivity index is 1.92. The van der Waals surface area contributed by atoms with Gasteiger partial charge in [-0.3, -0.25) is 4.79 Å². The van der Waals surface area contributed by atoms with E-state index in [1.165, 1.54) is 11.3 Å². The van der Waals surface area contributed by atoms with E-state index in [1.54, 1.807) is 6.07 Å². The number of hydrogen-bond acceptors (Lipinski definition) is 3. The van der Waals surface area contributed by atoms with Gasteiger partial charge in [0.05, 0.1) is 15.3 Å². The smallest absolute Gasteiger partial charge is 0.261 e. The predicted molar refractivity (Wildman–Crippen MR) is 75.6 cm³/mol. The summed E-state index contributed by atoms with van der Waals surface area (Å²) in [6, 6.07) is 11.1. The highest BCUT2D eigenvalue weighted by atomic mass is 79.9. The molecule has 1 heterocycles. The van der Waals surface area contributed by atoms with Crippen molar-refractivity contribution in [1.29, 1.82) is 0 Å². The van der Waals surface area contributed by atoms with Crippen LogP contribution in [0.25, 0.3) is 0 Å². The van der Waals surface area contributed by atoms with E-state index < -0.39 is 0 Å². The summed E-state index contributed by atoms with van der Waals surface area (Å²) in [5.74, 6) is -0.0723. The molecule has 5 heteroatoms. The molecular weight excluding hydrogens is 314 g/mol. The molecule has 18 heavy (non-hydrogen) atoms. The summed E-state index contributed by atoms with van der Waals surface area (Å²) < 4.78 is 0.944. The molecule has 0 aliphatic rings. The van der Waals surface area contributed by atoms with Crippen LogP contribution < -0.4 is 5.32 Å². The molecule has 0 aliphatic carbocycles. The maximum Gasteiger partial charge on any atom is 0.261 e. The van der Waals surface area contributed by atoms with E-state index in [-0.39, 0.29) is 12.5 Å². The first-order chi connectivity index (χ1) is 8.69. The van der Waals surface area contributed by atoms with Crippen LogP contribution >= 0.6 is 27.3 Å². The Morgan fingerprint density at radius 3 is 2.39 bits per heavy atom. The normalized spacial score (nSPS) is 10.3. The second kappa shape index (κ2) is 6.13. The molecule has 1 aromatic heterocycles. The average Bonchev–Trinajstić information content (AvgIpc) is 2.83. The number of rotatable bonds is 4. The SMILES string of the molecule is O=C(NCc1ccc(CO)cc1)c1ccc(Br)s1. The van der Waals surface area contributed by atoms with Crippen molar-refractivity contribution in [3.63, 3.8) is 0 Å². The van der Waals surface area contributed by atoms with Gasteiger partial charge in [-0.05, 0) is 39.2 Å². The van der Waals surface area contributed by atoms with Gasteiger partial charge in [0.15, 0.2) is 0 Å². The molecule has 0 spiro atoms. The lowest BCUT2D eigenvalue weighted by molar-refractivity contribution is 0.0955. The van der Waals surface area contributed by atoms with Crippen molar-refractivity contribution >= 4 is 33.2 Å². The van der Waals surface area contributed by atoms with Crippen LogP contribution in [-0.4, -0.2) is 11.0 Å². The van der Waals surface area contributed by atoms with Gasteiger partial charge in [0, 0.05) is 6.54 Å². The first kappa shape index (κ1) is 13.3. The van der Waals surface area contributed by atoms with E-state index in [2.05, 4.69) is 21.2 Å². The molecule has 2 N–H and O–H groups in total. The molecule has 3 nitrogen and oxygen atoms in total. The number of thiophene rings is 1. The molecule has 0 unspecified atom stereocenters. The second-order valence-corrected chi connectivity index (χ2v) is 6.22. The summed E-state index contributed by atoms with van der Waals surface area (Å²) in [5.41, 5.74) is 1.88. The zero-order valence-corrected chi connectivity index (χ0v) is 11.9. The average molecular weight is 326 g/mol. The van der Waals surface area contributed by atoms with Gasteiger partial charge in [0.1, 0.15) is 0 Å². The Kier molecular flexibility index (Phi) is 4.52. The number of halogens is 1. The van der Waals surface area contributed by atoms with Crippen molar-refractivity contribution in [3.05, 3.63) is 56.2 Å². The van der Waals surface area contributed by atoms with Gasteiger partial charge < -0.3 is 10.4 Å². The van der Waals surface area contributed by atoms with Crippen LogP contribution in [0.4, 0.5) is 0 Å². The van der Waals surface area contributed by atoms with Crippen molar-refractivity contribution < 1.29 is 9.90 Å². The maximum atomic E-state index is 11.8. The van der Waals surface area contributed by atoms with Crippen LogP contribution in [0.15, 0.2) is 40.2 Å². The van der Waals surface area contributed by atoms with Gasteiger partial charge in [-0.1, -0.05) is 24.3 Å². The highest BCUT2D eigenvalue weighted by Gasteiger charge is 2.07. The van der Waals surface area contributed by atoms with E-state index in [4.69, 9.17) is 5.11 Å². The van der Waals surface area contributed by atoms with Gasteiger partial charge >= 0.3 is 0 Å². The zero-order valence-electron chi connectivity index (χ0n) is 9.52. The third-order valence-corrected chi connectivity index (χ3v) is 4.08. The van der Waals surface area contributed by atoms with Crippen molar-refractivity contribution in [2.45, 2.75) is 13.2 Å². The minimum absolute atomic E-state index is 0.0376. The van der Waals surface area contributed by atoms with Crippen LogP contribution in [0.2, 0.25) is 0 Å². The van der Waals surface area contributed by atoms with E-state index in [0.717, 1.165) is 14.9 Å². The molecule has 1 aromatic carbocycles. The number of benzene rings is 1. The Labute approximate surface area is 118 Å². The third kappa shape index (κ3) is 3.41. The van der Waals surface area contributed by atoms with Gasteiger partial charge in [-0.15, -0.1) is 11.3 Å². The number of aliphatic hydroxyl groups excluding tert-OH is 1.